The average molecular weight is 600 g/mol. The quantitative estimate of drug-likeness (QED) is 0.189. The molecule has 0 saturated heterocycles. The Labute approximate surface area is 269 Å². The number of pyridine rings is 1. The van der Waals surface area contributed by atoms with Gasteiger partial charge < -0.3 is 4.74 Å². The summed E-state index contributed by atoms with van der Waals surface area (Å²) in [6, 6.07) is 44.6. The van der Waals surface area contributed by atoms with Crippen molar-refractivity contribution in [1.29, 1.82) is 0 Å². The summed E-state index contributed by atoms with van der Waals surface area (Å²) in [5.41, 5.74) is 9.13. The number of anilines is 2. The Bertz CT molecular complexity index is 2310. The van der Waals surface area contributed by atoms with E-state index in [0.29, 0.717) is 0 Å². The third-order valence-electron chi connectivity index (χ3n) is 8.84. The summed E-state index contributed by atoms with van der Waals surface area (Å²) in [4.78, 5) is 7.06. The number of aromatic nitrogens is 2. The van der Waals surface area contributed by atoms with E-state index in [2.05, 4.69) is 170 Å². The third-order valence-corrected chi connectivity index (χ3v) is 8.84. The van der Waals surface area contributed by atoms with Gasteiger partial charge in [0.1, 0.15) is 34.4 Å². The van der Waals surface area contributed by atoms with Crippen LogP contribution in [0.3, 0.4) is 0 Å². The normalized spacial score (nSPS) is 12.9. The molecule has 5 nitrogen and oxygen atoms in total. The highest BCUT2D eigenvalue weighted by Crippen LogP contribution is 2.42. The van der Waals surface area contributed by atoms with Crippen LogP contribution in [0.2, 0.25) is 0 Å². The standard InChI is InChI=1S/C41H35N4O/c1-41(2,3)28-22-23-42-40(24-28)45-38-19-10-7-16-34(38)35-21-20-31(26-39(35)45)46-30-13-11-12-29(25-30)44-27-43(4)36-17-8-5-14-32(36)33-15-6-9-18-37(33)44/h5-27H,1-4H3/q+1. The Morgan fingerprint density at radius 3 is 2.26 bits per heavy atom. The van der Waals surface area contributed by atoms with Gasteiger partial charge in [-0.1, -0.05) is 69.3 Å². The molecule has 5 heteroatoms. The predicted molar refractivity (Wildman–Crippen MR) is 190 cm³/mol. The number of hydrogen-bond acceptors (Lipinski definition) is 3. The van der Waals surface area contributed by atoms with Gasteiger partial charge in [0.25, 0.3) is 0 Å². The van der Waals surface area contributed by atoms with Crippen molar-refractivity contribution in [2.24, 2.45) is 0 Å². The maximum Gasteiger partial charge on any atom is 0.249 e. The first kappa shape index (κ1) is 27.8. The van der Waals surface area contributed by atoms with E-state index in [4.69, 9.17) is 9.72 Å². The molecule has 0 spiro atoms. The van der Waals surface area contributed by atoms with Gasteiger partial charge in [0.15, 0.2) is 0 Å². The summed E-state index contributed by atoms with van der Waals surface area (Å²) >= 11 is 0. The number of benzene rings is 5. The van der Waals surface area contributed by atoms with Gasteiger partial charge in [-0.2, -0.15) is 4.90 Å². The van der Waals surface area contributed by atoms with Crippen LogP contribution in [0.15, 0.2) is 134 Å². The summed E-state index contributed by atoms with van der Waals surface area (Å²) < 4.78 is 11.0. The van der Waals surface area contributed by atoms with Gasteiger partial charge in [-0.05, 0) is 77.7 Å². The molecular formula is C41H35N4O+. The van der Waals surface area contributed by atoms with E-state index in [1.165, 1.54) is 22.1 Å². The first-order valence-corrected chi connectivity index (χ1v) is 15.7. The maximum absolute atomic E-state index is 6.60. The van der Waals surface area contributed by atoms with Crippen molar-refractivity contribution in [3.05, 3.63) is 139 Å². The highest BCUT2D eigenvalue weighted by molar-refractivity contribution is 6.09. The largest absolute Gasteiger partial charge is 0.457 e. The van der Waals surface area contributed by atoms with Crippen LogP contribution in [0.4, 0.5) is 17.1 Å². The van der Waals surface area contributed by atoms with Gasteiger partial charge in [-0.15, -0.1) is 0 Å². The molecule has 1 aliphatic heterocycles. The molecule has 224 valence electrons. The topological polar surface area (TPSA) is 33.3 Å². The monoisotopic (exact) mass is 599 g/mol. The molecule has 0 unspecified atom stereocenters. The Morgan fingerprint density at radius 1 is 0.652 bits per heavy atom. The number of ether oxygens (including phenoxy) is 1. The van der Waals surface area contributed by atoms with E-state index in [9.17, 15) is 0 Å². The molecule has 1 aliphatic rings. The van der Waals surface area contributed by atoms with Gasteiger partial charge in [-0.25, -0.2) is 9.56 Å². The molecule has 3 heterocycles. The Morgan fingerprint density at radius 2 is 1.39 bits per heavy atom. The van der Waals surface area contributed by atoms with Crippen LogP contribution < -0.4 is 9.64 Å². The molecule has 0 aliphatic carbocycles. The number of fused-ring (bicyclic) bond motifs is 6. The van der Waals surface area contributed by atoms with Gasteiger partial charge in [0, 0.05) is 40.2 Å². The van der Waals surface area contributed by atoms with Crippen LogP contribution >= 0.6 is 0 Å². The van der Waals surface area contributed by atoms with Crippen molar-refractivity contribution < 1.29 is 9.31 Å². The molecule has 0 atom stereocenters. The predicted octanol–water partition coefficient (Wildman–Crippen LogP) is 10.4. The van der Waals surface area contributed by atoms with Crippen LogP contribution in [-0.4, -0.2) is 27.5 Å². The first-order valence-electron chi connectivity index (χ1n) is 15.7. The lowest BCUT2D eigenvalue weighted by atomic mass is 9.88. The van der Waals surface area contributed by atoms with E-state index >= 15 is 0 Å². The van der Waals surface area contributed by atoms with Crippen LogP contribution in [0.1, 0.15) is 26.3 Å². The smallest absolute Gasteiger partial charge is 0.249 e. The van der Waals surface area contributed by atoms with Gasteiger partial charge >= 0.3 is 0 Å². The molecule has 0 fully saturated rings. The van der Waals surface area contributed by atoms with E-state index in [0.717, 1.165) is 50.8 Å². The number of para-hydroxylation sites is 3. The van der Waals surface area contributed by atoms with Crippen molar-refractivity contribution >= 4 is 45.2 Å². The zero-order chi connectivity index (χ0) is 31.4. The van der Waals surface area contributed by atoms with Crippen molar-refractivity contribution in [3.8, 4) is 28.4 Å². The Balaban J connectivity index is 1.21. The molecule has 46 heavy (non-hydrogen) atoms. The lowest BCUT2D eigenvalue weighted by Crippen LogP contribution is -2.19. The Hall–Kier alpha value is -5.68. The molecule has 0 bridgehead atoms. The molecule has 5 aromatic carbocycles. The van der Waals surface area contributed by atoms with E-state index in [-0.39, 0.29) is 5.41 Å². The van der Waals surface area contributed by atoms with Crippen molar-refractivity contribution in [1.82, 2.24) is 9.55 Å². The summed E-state index contributed by atoms with van der Waals surface area (Å²) in [5, 5.41) is 2.35. The second kappa shape index (κ2) is 10.7. The van der Waals surface area contributed by atoms with E-state index < -0.39 is 0 Å². The SMILES string of the molecule is C[N+]1=CN(c2cccc(Oc3ccc4c5ccccc5n(-c5cc(C(C)(C)C)ccn5)c4c3)c2)c2ccccc2-c2ccccc21. The zero-order valence-electron chi connectivity index (χ0n) is 26.5. The number of nitrogens with zero attached hydrogens (tertiary/aromatic N) is 4. The number of rotatable bonds is 4. The second-order valence-electron chi connectivity index (χ2n) is 12.9. The molecule has 0 saturated carbocycles. The van der Waals surface area contributed by atoms with Crippen molar-refractivity contribution in [2.75, 3.05) is 11.9 Å². The van der Waals surface area contributed by atoms with Crippen LogP contribution in [0.5, 0.6) is 11.5 Å². The minimum absolute atomic E-state index is 0.0125. The molecule has 0 amide bonds. The highest BCUT2D eigenvalue weighted by Gasteiger charge is 2.26. The maximum atomic E-state index is 6.60. The minimum atomic E-state index is 0.0125. The fourth-order valence-corrected chi connectivity index (χ4v) is 6.52. The fraction of sp³-hybridized carbons (Fsp3) is 0.122. The zero-order valence-corrected chi connectivity index (χ0v) is 26.5. The van der Waals surface area contributed by atoms with E-state index in [1.54, 1.807) is 0 Å². The average Bonchev–Trinajstić information content (AvgIpc) is 3.34. The second-order valence-corrected chi connectivity index (χ2v) is 12.9. The first-order chi connectivity index (χ1) is 22.3. The third kappa shape index (κ3) is 4.72. The highest BCUT2D eigenvalue weighted by atomic mass is 16.5. The summed E-state index contributed by atoms with van der Waals surface area (Å²) in [6.45, 7) is 6.70. The van der Waals surface area contributed by atoms with Crippen molar-refractivity contribution in [2.45, 2.75) is 26.2 Å². The van der Waals surface area contributed by atoms with Gasteiger partial charge in [0.2, 0.25) is 6.34 Å². The molecule has 2 aromatic heterocycles. The number of hydrogen-bond donors (Lipinski definition) is 0. The van der Waals surface area contributed by atoms with Crippen LogP contribution in [-0.2, 0) is 5.41 Å². The Kier molecular flexibility index (Phi) is 6.50. The van der Waals surface area contributed by atoms with Gasteiger partial charge in [0.05, 0.1) is 18.1 Å². The minimum Gasteiger partial charge on any atom is -0.457 e. The summed E-state index contributed by atoms with van der Waals surface area (Å²) in [7, 11) is 2.10. The molecule has 0 N–H and O–H groups in total. The molecule has 8 rings (SSSR count). The molecule has 0 radical (unpaired) electrons. The summed E-state index contributed by atoms with van der Waals surface area (Å²) in [6.07, 6.45) is 4.06. The van der Waals surface area contributed by atoms with Crippen LogP contribution in [0, 0.1) is 0 Å². The lowest BCUT2D eigenvalue weighted by Gasteiger charge is -2.20. The molecule has 7 aromatic rings. The van der Waals surface area contributed by atoms with Crippen LogP contribution in [0.25, 0.3) is 38.8 Å². The van der Waals surface area contributed by atoms with Crippen molar-refractivity contribution in [3.63, 3.8) is 0 Å². The molecular weight excluding hydrogens is 564 g/mol. The summed E-state index contributed by atoms with van der Waals surface area (Å²) in [5.74, 6) is 2.44. The van der Waals surface area contributed by atoms with Gasteiger partial charge in [-0.3, -0.25) is 4.57 Å². The lowest BCUT2D eigenvalue weighted by molar-refractivity contribution is -0.399. The van der Waals surface area contributed by atoms with E-state index in [1.807, 2.05) is 12.3 Å². The fourth-order valence-electron chi connectivity index (χ4n) is 6.52.